The third-order valence-electron chi connectivity index (χ3n) is 3.33. The second-order valence-corrected chi connectivity index (χ2v) is 7.21. The van der Waals surface area contributed by atoms with Crippen LogP contribution in [0.4, 0.5) is 0 Å². The Hall–Kier alpha value is -1.04. The molecule has 2 aromatic carbocycles. The molecule has 0 bridgehead atoms. The molecule has 122 valence electrons. The van der Waals surface area contributed by atoms with Gasteiger partial charge in [0.15, 0.2) is 0 Å². The SMILES string of the molecule is Cc1cccc(COc2c(Br)cc(CCC(=O)O)cc2Br)c1Cl. The van der Waals surface area contributed by atoms with Crippen molar-refractivity contribution in [2.45, 2.75) is 26.4 Å². The fraction of sp³-hybridized carbons (Fsp3) is 0.235. The van der Waals surface area contributed by atoms with E-state index in [9.17, 15) is 4.79 Å². The lowest BCUT2D eigenvalue weighted by atomic mass is 10.1. The maximum absolute atomic E-state index is 10.7. The largest absolute Gasteiger partial charge is 0.486 e. The molecule has 0 amide bonds. The Morgan fingerprint density at radius 1 is 1.26 bits per heavy atom. The highest BCUT2D eigenvalue weighted by Gasteiger charge is 2.11. The summed E-state index contributed by atoms with van der Waals surface area (Å²) in [5.74, 6) is -0.145. The highest BCUT2D eigenvalue weighted by Crippen LogP contribution is 2.36. The first kappa shape index (κ1) is 18.3. The lowest BCUT2D eigenvalue weighted by Crippen LogP contribution is -2.01. The van der Waals surface area contributed by atoms with Crippen molar-refractivity contribution in [3.05, 3.63) is 61.0 Å². The number of rotatable bonds is 6. The summed E-state index contributed by atoms with van der Waals surface area (Å²) in [4.78, 5) is 10.7. The third kappa shape index (κ3) is 4.96. The summed E-state index contributed by atoms with van der Waals surface area (Å²) >= 11 is 13.2. The van der Waals surface area contributed by atoms with Crippen LogP contribution in [0.3, 0.4) is 0 Å². The number of hydrogen-bond donors (Lipinski definition) is 1. The van der Waals surface area contributed by atoms with Crippen LogP contribution in [0.2, 0.25) is 5.02 Å². The van der Waals surface area contributed by atoms with Crippen LogP contribution in [0.25, 0.3) is 0 Å². The first-order valence-corrected chi connectivity index (χ1v) is 8.91. The highest BCUT2D eigenvalue weighted by atomic mass is 79.9. The number of hydrogen-bond acceptors (Lipinski definition) is 2. The van der Waals surface area contributed by atoms with E-state index in [0.717, 1.165) is 25.6 Å². The van der Waals surface area contributed by atoms with E-state index in [2.05, 4.69) is 31.9 Å². The third-order valence-corrected chi connectivity index (χ3v) is 5.05. The zero-order valence-corrected chi connectivity index (χ0v) is 16.3. The van der Waals surface area contributed by atoms with Gasteiger partial charge < -0.3 is 9.84 Å². The van der Waals surface area contributed by atoms with Gasteiger partial charge in [0.2, 0.25) is 0 Å². The molecule has 0 aliphatic carbocycles. The van der Waals surface area contributed by atoms with Crippen LogP contribution in [0.5, 0.6) is 5.75 Å². The first-order chi connectivity index (χ1) is 10.9. The fourth-order valence-corrected chi connectivity index (χ4v) is 3.81. The molecule has 0 aromatic heterocycles. The highest BCUT2D eigenvalue weighted by molar-refractivity contribution is 9.11. The average molecular weight is 463 g/mol. The Kier molecular flexibility index (Phi) is 6.50. The zero-order chi connectivity index (χ0) is 17.0. The predicted octanol–water partition coefficient (Wildman–Crippen LogP) is 5.77. The molecule has 0 atom stereocenters. The van der Waals surface area contributed by atoms with Gasteiger partial charge in [-0.1, -0.05) is 29.8 Å². The van der Waals surface area contributed by atoms with Gasteiger partial charge in [0.05, 0.1) is 14.0 Å². The number of carbonyl (C=O) groups is 1. The monoisotopic (exact) mass is 460 g/mol. The van der Waals surface area contributed by atoms with Crippen LogP contribution in [0.15, 0.2) is 39.3 Å². The molecule has 2 aromatic rings. The predicted molar refractivity (Wildman–Crippen MR) is 98.3 cm³/mol. The smallest absolute Gasteiger partial charge is 0.303 e. The van der Waals surface area contributed by atoms with Crippen LogP contribution >= 0.6 is 43.5 Å². The van der Waals surface area contributed by atoms with Crippen LogP contribution in [-0.4, -0.2) is 11.1 Å². The molecule has 0 spiro atoms. The molecule has 2 rings (SSSR count). The fourth-order valence-electron chi connectivity index (χ4n) is 2.12. The maximum Gasteiger partial charge on any atom is 0.303 e. The van der Waals surface area contributed by atoms with Crippen LogP contribution in [0.1, 0.15) is 23.1 Å². The molecule has 6 heteroatoms. The number of aliphatic carboxylic acids is 1. The molecule has 0 fully saturated rings. The van der Waals surface area contributed by atoms with Crippen molar-refractivity contribution in [3.63, 3.8) is 0 Å². The lowest BCUT2D eigenvalue weighted by Gasteiger charge is -2.13. The summed E-state index contributed by atoms with van der Waals surface area (Å²) in [6.07, 6.45) is 0.564. The molecule has 3 nitrogen and oxygen atoms in total. The average Bonchev–Trinajstić information content (AvgIpc) is 2.48. The second kappa shape index (κ2) is 8.18. The van der Waals surface area contributed by atoms with E-state index in [1.165, 1.54) is 0 Å². The summed E-state index contributed by atoms with van der Waals surface area (Å²) in [5, 5.41) is 9.47. The van der Waals surface area contributed by atoms with Gasteiger partial charge in [-0.3, -0.25) is 4.79 Å². The van der Waals surface area contributed by atoms with Gasteiger partial charge >= 0.3 is 5.97 Å². The van der Waals surface area contributed by atoms with Crippen molar-refractivity contribution >= 4 is 49.4 Å². The Morgan fingerprint density at radius 2 is 1.91 bits per heavy atom. The summed E-state index contributed by atoms with van der Waals surface area (Å²) in [7, 11) is 0. The molecular weight excluding hydrogens is 447 g/mol. The van der Waals surface area contributed by atoms with Crippen molar-refractivity contribution in [1.82, 2.24) is 0 Å². The quantitative estimate of drug-likeness (QED) is 0.593. The second-order valence-electron chi connectivity index (χ2n) is 5.12. The zero-order valence-electron chi connectivity index (χ0n) is 12.4. The molecule has 0 aliphatic rings. The van der Waals surface area contributed by atoms with Crippen molar-refractivity contribution in [2.75, 3.05) is 0 Å². The summed E-state index contributed by atoms with van der Waals surface area (Å²) in [5.41, 5.74) is 2.85. The summed E-state index contributed by atoms with van der Waals surface area (Å²) in [6, 6.07) is 9.58. The number of halogens is 3. The minimum Gasteiger partial charge on any atom is -0.486 e. The topological polar surface area (TPSA) is 46.5 Å². The number of carboxylic acids is 1. The minimum absolute atomic E-state index is 0.0952. The van der Waals surface area contributed by atoms with Gasteiger partial charge in [0, 0.05) is 12.0 Å². The Labute approximate surface area is 156 Å². The number of benzene rings is 2. The van der Waals surface area contributed by atoms with Gasteiger partial charge in [-0.15, -0.1) is 0 Å². The summed E-state index contributed by atoms with van der Waals surface area (Å²) < 4.78 is 7.42. The lowest BCUT2D eigenvalue weighted by molar-refractivity contribution is -0.136. The Balaban J connectivity index is 2.14. The van der Waals surface area contributed by atoms with E-state index in [1.54, 1.807) is 0 Å². The van der Waals surface area contributed by atoms with Crippen LogP contribution in [-0.2, 0) is 17.8 Å². The van der Waals surface area contributed by atoms with Gasteiger partial charge in [-0.25, -0.2) is 0 Å². The molecule has 0 heterocycles. The molecule has 0 aliphatic heterocycles. The Morgan fingerprint density at radius 3 is 2.52 bits per heavy atom. The van der Waals surface area contributed by atoms with E-state index in [1.807, 2.05) is 37.3 Å². The normalized spacial score (nSPS) is 10.6. The van der Waals surface area contributed by atoms with E-state index >= 15 is 0 Å². The summed E-state index contributed by atoms with van der Waals surface area (Å²) in [6.45, 7) is 2.31. The molecule has 0 saturated carbocycles. The van der Waals surface area contributed by atoms with E-state index in [-0.39, 0.29) is 6.42 Å². The van der Waals surface area contributed by atoms with E-state index < -0.39 is 5.97 Å². The first-order valence-electron chi connectivity index (χ1n) is 6.95. The molecule has 23 heavy (non-hydrogen) atoms. The number of carboxylic acid groups (broad SMARTS) is 1. The van der Waals surface area contributed by atoms with Gasteiger partial charge in [0.25, 0.3) is 0 Å². The maximum atomic E-state index is 10.7. The van der Waals surface area contributed by atoms with Crippen LogP contribution in [0, 0.1) is 6.92 Å². The van der Waals surface area contributed by atoms with Crippen molar-refractivity contribution < 1.29 is 14.6 Å². The van der Waals surface area contributed by atoms with Crippen molar-refractivity contribution in [3.8, 4) is 5.75 Å². The van der Waals surface area contributed by atoms with E-state index in [4.69, 9.17) is 21.4 Å². The molecule has 0 radical (unpaired) electrons. The van der Waals surface area contributed by atoms with Crippen molar-refractivity contribution in [2.24, 2.45) is 0 Å². The number of aryl methyl sites for hydroxylation is 2. The molecule has 0 unspecified atom stereocenters. The minimum atomic E-state index is -0.813. The molecule has 0 saturated heterocycles. The number of ether oxygens (including phenoxy) is 1. The Bertz CT molecular complexity index is 709. The van der Waals surface area contributed by atoms with Crippen LogP contribution < -0.4 is 4.74 Å². The van der Waals surface area contributed by atoms with Gasteiger partial charge in [-0.2, -0.15) is 0 Å². The molecular formula is C17H15Br2ClO3. The van der Waals surface area contributed by atoms with Gasteiger partial charge in [0.1, 0.15) is 12.4 Å². The molecule has 1 N–H and O–H groups in total. The standard InChI is InChI=1S/C17H15Br2ClO3/c1-10-3-2-4-12(16(10)20)9-23-17-13(18)7-11(8-14(17)19)5-6-15(21)22/h2-4,7-8H,5-6,9H2,1H3,(H,21,22). The van der Waals surface area contributed by atoms with Gasteiger partial charge in [-0.05, 0) is 68.5 Å². The van der Waals surface area contributed by atoms with E-state index in [0.29, 0.717) is 23.8 Å². The van der Waals surface area contributed by atoms with Crippen molar-refractivity contribution in [1.29, 1.82) is 0 Å².